The molecule has 8 heteroatoms. The molecule has 1 fully saturated rings. The van der Waals surface area contributed by atoms with Gasteiger partial charge >= 0.3 is 17.9 Å². The van der Waals surface area contributed by atoms with Gasteiger partial charge in [-0.2, -0.15) is 5.26 Å². The number of nitriles is 1. The molecule has 1 saturated heterocycles. The van der Waals surface area contributed by atoms with Crippen LogP contribution in [0.3, 0.4) is 0 Å². The predicted molar refractivity (Wildman–Crippen MR) is 122 cm³/mol. The van der Waals surface area contributed by atoms with Gasteiger partial charge in [-0.05, 0) is 36.4 Å². The Morgan fingerprint density at radius 1 is 0.686 bits per heavy atom. The molecule has 0 aliphatic carbocycles. The molecule has 0 amide bonds. The summed E-state index contributed by atoms with van der Waals surface area (Å²) in [6.45, 7) is -0.321. The van der Waals surface area contributed by atoms with Crippen LogP contribution < -0.4 is 0 Å². The average Bonchev–Trinajstić information content (AvgIpc) is 3.24. The van der Waals surface area contributed by atoms with Crippen LogP contribution in [-0.2, 0) is 18.9 Å². The van der Waals surface area contributed by atoms with E-state index >= 15 is 0 Å². The zero-order valence-corrected chi connectivity index (χ0v) is 18.5. The third kappa shape index (κ3) is 5.72. The second-order valence-corrected chi connectivity index (χ2v) is 7.66. The first kappa shape index (κ1) is 23.7. The molecule has 1 aliphatic rings. The Morgan fingerprint density at radius 3 is 1.57 bits per heavy atom. The zero-order valence-electron chi connectivity index (χ0n) is 18.5. The van der Waals surface area contributed by atoms with Crippen molar-refractivity contribution in [1.29, 1.82) is 5.26 Å². The minimum Gasteiger partial charge on any atom is -0.459 e. The third-order valence-corrected chi connectivity index (χ3v) is 5.33. The van der Waals surface area contributed by atoms with Gasteiger partial charge in [0.1, 0.15) is 12.7 Å². The number of hydrogen-bond acceptors (Lipinski definition) is 8. The van der Waals surface area contributed by atoms with Crippen LogP contribution in [0.25, 0.3) is 0 Å². The van der Waals surface area contributed by atoms with Crippen molar-refractivity contribution in [1.82, 2.24) is 0 Å². The predicted octanol–water partition coefficient (Wildman–Crippen LogP) is 3.59. The molecule has 4 rings (SSSR count). The summed E-state index contributed by atoms with van der Waals surface area (Å²) in [5.74, 6) is -2.01. The van der Waals surface area contributed by atoms with Gasteiger partial charge < -0.3 is 18.9 Å². The van der Waals surface area contributed by atoms with Gasteiger partial charge in [0.25, 0.3) is 0 Å². The summed E-state index contributed by atoms with van der Waals surface area (Å²) in [6.07, 6.45) is -4.70. The maximum Gasteiger partial charge on any atom is 0.338 e. The van der Waals surface area contributed by atoms with E-state index in [0.29, 0.717) is 5.56 Å². The summed E-state index contributed by atoms with van der Waals surface area (Å²) in [6, 6.07) is 26.7. The van der Waals surface area contributed by atoms with Crippen molar-refractivity contribution in [3.8, 4) is 6.07 Å². The number of rotatable bonds is 7. The lowest BCUT2D eigenvalue weighted by Gasteiger charge is -2.23. The zero-order chi connectivity index (χ0) is 24.6. The van der Waals surface area contributed by atoms with Crippen molar-refractivity contribution in [3.05, 3.63) is 108 Å². The molecule has 1 aliphatic heterocycles. The highest BCUT2D eigenvalue weighted by molar-refractivity contribution is 5.91. The van der Waals surface area contributed by atoms with Crippen molar-refractivity contribution < 1.29 is 33.3 Å². The molecule has 0 bridgehead atoms. The highest BCUT2D eigenvalue weighted by atomic mass is 16.6. The number of ether oxygens (including phenoxy) is 4. The number of carbonyl (C=O) groups excluding carboxylic acids is 3. The fourth-order valence-corrected chi connectivity index (χ4v) is 3.58. The van der Waals surface area contributed by atoms with Gasteiger partial charge in [-0.25, -0.2) is 14.4 Å². The largest absolute Gasteiger partial charge is 0.459 e. The Labute approximate surface area is 201 Å². The highest BCUT2D eigenvalue weighted by Crippen LogP contribution is 2.29. The van der Waals surface area contributed by atoms with Crippen molar-refractivity contribution in [2.24, 2.45) is 0 Å². The number of carbonyl (C=O) groups is 3. The van der Waals surface area contributed by atoms with E-state index in [9.17, 15) is 19.6 Å². The van der Waals surface area contributed by atoms with Crippen LogP contribution in [0.4, 0.5) is 0 Å². The number of nitrogens with zero attached hydrogens (tertiary/aromatic N) is 1. The topological polar surface area (TPSA) is 112 Å². The lowest BCUT2D eigenvalue weighted by Crippen LogP contribution is -2.41. The molecule has 4 atom stereocenters. The molecule has 1 heterocycles. The van der Waals surface area contributed by atoms with E-state index in [1.165, 1.54) is 0 Å². The fraction of sp³-hybridized carbons (Fsp3) is 0.185. The summed E-state index contributed by atoms with van der Waals surface area (Å²) in [5.41, 5.74) is 0.851. The van der Waals surface area contributed by atoms with E-state index in [-0.39, 0.29) is 17.7 Å². The summed E-state index contributed by atoms with van der Waals surface area (Å²) in [5, 5.41) is 9.65. The van der Waals surface area contributed by atoms with Gasteiger partial charge in [0, 0.05) is 0 Å². The van der Waals surface area contributed by atoms with Crippen LogP contribution in [0.2, 0.25) is 0 Å². The molecule has 0 aromatic heterocycles. The first-order chi connectivity index (χ1) is 17.1. The van der Waals surface area contributed by atoms with Gasteiger partial charge in [0.15, 0.2) is 18.3 Å². The molecule has 3 aromatic rings. The van der Waals surface area contributed by atoms with Crippen molar-refractivity contribution in [2.75, 3.05) is 6.61 Å². The third-order valence-electron chi connectivity index (χ3n) is 5.33. The average molecular weight is 471 g/mol. The second kappa shape index (κ2) is 11.1. The minimum atomic E-state index is -1.24. The van der Waals surface area contributed by atoms with E-state index in [1.807, 2.05) is 6.07 Å². The van der Waals surface area contributed by atoms with Crippen LogP contribution in [0, 0.1) is 11.3 Å². The van der Waals surface area contributed by atoms with Crippen LogP contribution in [-0.4, -0.2) is 48.9 Å². The molecule has 0 unspecified atom stereocenters. The highest BCUT2D eigenvalue weighted by Gasteiger charge is 2.50. The van der Waals surface area contributed by atoms with Gasteiger partial charge in [-0.1, -0.05) is 54.6 Å². The van der Waals surface area contributed by atoms with Crippen LogP contribution in [0.15, 0.2) is 91.0 Å². The van der Waals surface area contributed by atoms with Crippen molar-refractivity contribution in [3.63, 3.8) is 0 Å². The van der Waals surface area contributed by atoms with Crippen LogP contribution in [0.1, 0.15) is 31.1 Å². The quantitative estimate of drug-likeness (QED) is 0.380. The summed E-state index contributed by atoms with van der Waals surface area (Å²) < 4.78 is 22.3. The first-order valence-electron chi connectivity index (χ1n) is 10.9. The summed E-state index contributed by atoms with van der Waals surface area (Å²) in [7, 11) is 0. The molecule has 3 aromatic carbocycles. The standard InChI is InChI=1S/C27H21NO7/c28-16-21-23(34-26(30)19-12-6-2-7-13-19)24(35-27(31)20-14-8-3-9-15-20)22(33-21)17-32-25(29)18-10-4-1-5-11-18/h1-15,21-24H,17H2/t21-,22+,23+,24-/m0/s1. The van der Waals surface area contributed by atoms with E-state index in [0.717, 1.165) is 0 Å². The van der Waals surface area contributed by atoms with Gasteiger partial charge in [0.2, 0.25) is 0 Å². The van der Waals surface area contributed by atoms with Gasteiger partial charge in [-0.15, -0.1) is 0 Å². The van der Waals surface area contributed by atoms with Gasteiger partial charge in [-0.3, -0.25) is 0 Å². The summed E-state index contributed by atoms with van der Waals surface area (Å²) >= 11 is 0. The number of benzene rings is 3. The lowest BCUT2D eigenvalue weighted by molar-refractivity contribution is -0.0437. The summed E-state index contributed by atoms with van der Waals surface area (Å²) in [4.78, 5) is 37.9. The molecule has 0 N–H and O–H groups in total. The SMILES string of the molecule is N#C[C@@H]1O[C@H](COC(=O)c2ccccc2)[C@H](OC(=O)c2ccccc2)[C@@H]1OC(=O)c1ccccc1. The Hall–Kier alpha value is -4.48. The monoisotopic (exact) mass is 471 g/mol. The lowest BCUT2D eigenvalue weighted by atomic mass is 10.1. The number of hydrogen-bond donors (Lipinski definition) is 0. The Balaban J connectivity index is 1.55. The molecule has 176 valence electrons. The molecular weight excluding hydrogens is 450 g/mol. The Kier molecular flexibility index (Phi) is 7.50. The fourth-order valence-electron chi connectivity index (χ4n) is 3.58. The molecule has 0 spiro atoms. The van der Waals surface area contributed by atoms with Crippen LogP contribution >= 0.6 is 0 Å². The Bertz CT molecular complexity index is 1210. The smallest absolute Gasteiger partial charge is 0.338 e. The van der Waals surface area contributed by atoms with Crippen LogP contribution in [0.5, 0.6) is 0 Å². The Morgan fingerprint density at radius 2 is 1.11 bits per heavy atom. The van der Waals surface area contributed by atoms with Crippen molar-refractivity contribution in [2.45, 2.75) is 24.4 Å². The maximum absolute atomic E-state index is 12.8. The molecule has 0 saturated carbocycles. The van der Waals surface area contributed by atoms with E-state index in [1.54, 1.807) is 91.0 Å². The maximum atomic E-state index is 12.8. The minimum absolute atomic E-state index is 0.260. The van der Waals surface area contributed by atoms with E-state index in [2.05, 4.69) is 0 Å². The van der Waals surface area contributed by atoms with E-state index in [4.69, 9.17) is 18.9 Å². The molecule has 35 heavy (non-hydrogen) atoms. The molecular formula is C27H21NO7. The van der Waals surface area contributed by atoms with E-state index < -0.39 is 42.3 Å². The molecule has 0 radical (unpaired) electrons. The normalized spacial score (nSPS) is 20.9. The van der Waals surface area contributed by atoms with Crippen molar-refractivity contribution >= 4 is 17.9 Å². The first-order valence-corrected chi connectivity index (χ1v) is 10.9. The molecule has 8 nitrogen and oxygen atoms in total. The number of esters is 3. The van der Waals surface area contributed by atoms with Gasteiger partial charge in [0.05, 0.1) is 22.8 Å². The second-order valence-electron chi connectivity index (χ2n) is 7.66.